The van der Waals surface area contributed by atoms with Gasteiger partial charge in [-0.1, -0.05) is 13.8 Å². The van der Waals surface area contributed by atoms with E-state index in [-0.39, 0.29) is 17.1 Å². The molecule has 34 heavy (non-hydrogen) atoms. The molecule has 0 radical (unpaired) electrons. The molecular formula is C26H33N5O3. The largest absolute Gasteiger partial charge is 0.481 e. The van der Waals surface area contributed by atoms with Crippen LogP contribution in [-0.2, 0) is 10.2 Å². The van der Waals surface area contributed by atoms with Gasteiger partial charge in [0.2, 0.25) is 0 Å². The Morgan fingerprint density at radius 2 is 1.91 bits per heavy atom. The molecule has 3 aliphatic rings. The van der Waals surface area contributed by atoms with Crippen molar-refractivity contribution >= 4 is 23.4 Å². The van der Waals surface area contributed by atoms with Crippen LogP contribution in [0, 0.1) is 18.3 Å². The number of nitrogens with two attached hydrogens (primary N) is 1. The van der Waals surface area contributed by atoms with Gasteiger partial charge in [0.15, 0.2) is 0 Å². The van der Waals surface area contributed by atoms with Crippen LogP contribution in [0.15, 0.2) is 18.3 Å². The van der Waals surface area contributed by atoms with Crippen molar-refractivity contribution in [2.24, 2.45) is 11.3 Å². The number of amides is 1. The van der Waals surface area contributed by atoms with Gasteiger partial charge in [0.25, 0.3) is 5.91 Å². The topological polar surface area (TPSA) is 122 Å². The fourth-order valence-corrected chi connectivity index (χ4v) is 6.47. The van der Waals surface area contributed by atoms with Gasteiger partial charge in [-0.05, 0) is 68.9 Å². The average molecular weight is 464 g/mol. The number of carboxylic acid groups (broad SMARTS) is 1. The first-order chi connectivity index (χ1) is 16.1. The third kappa shape index (κ3) is 3.93. The van der Waals surface area contributed by atoms with E-state index in [9.17, 15) is 9.59 Å². The summed E-state index contributed by atoms with van der Waals surface area (Å²) < 4.78 is 0. The predicted octanol–water partition coefficient (Wildman–Crippen LogP) is 4.23. The summed E-state index contributed by atoms with van der Waals surface area (Å²) in [7, 11) is 0. The van der Waals surface area contributed by atoms with E-state index in [1.165, 1.54) is 0 Å². The van der Waals surface area contributed by atoms with Gasteiger partial charge in [0, 0.05) is 30.0 Å². The lowest BCUT2D eigenvalue weighted by Crippen LogP contribution is -2.48. The summed E-state index contributed by atoms with van der Waals surface area (Å²) in [6, 6.07) is 4.04. The van der Waals surface area contributed by atoms with Crippen LogP contribution in [-0.4, -0.2) is 38.5 Å². The van der Waals surface area contributed by atoms with Gasteiger partial charge in [-0.25, -0.2) is 9.97 Å². The van der Waals surface area contributed by atoms with Crippen LogP contribution in [0.3, 0.4) is 0 Å². The molecule has 2 aromatic heterocycles. The first-order valence-electron chi connectivity index (χ1n) is 12.2. The summed E-state index contributed by atoms with van der Waals surface area (Å²) in [4.78, 5) is 39.5. The summed E-state index contributed by atoms with van der Waals surface area (Å²) in [5, 5.41) is 9.02. The number of aromatic nitrogens is 3. The Kier molecular flexibility index (Phi) is 5.37. The SMILES string of the molecule is Cc1nc(N)c2c(n1)C(C)(C)CN(c1ccc(C3CCC4(CC3)CC(CC(=O)O)C4)nc1)C2=O. The first-order valence-corrected chi connectivity index (χ1v) is 12.2. The zero-order valence-corrected chi connectivity index (χ0v) is 20.2. The normalized spacial score (nSPS) is 27.9. The molecule has 2 saturated carbocycles. The minimum Gasteiger partial charge on any atom is -0.481 e. The third-order valence-corrected chi connectivity index (χ3v) is 8.16. The monoisotopic (exact) mass is 463 g/mol. The van der Waals surface area contributed by atoms with E-state index < -0.39 is 5.97 Å². The number of aliphatic carboxylic acids is 1. The first kappa shape index (κ1) is 22.7. The minimum absolute atomic E-state index is 0.179. The second-order valence-corrected chi connectivity index (χ2v) is 11.2. The number of fused-ring (bicyclic) bond motifs is 1. The third-order valence-electron chi connectivity index (χ3n) is 8.16. The van der Waals surface area contributed by atoms with Crippen LogP contribution in [0.25, 0.3) is 0 Å². The molecule has 0 atom stereocenters. The molecule has 8 heteroatoms. The fourth-order valence-electron chi connectivity index (χ4n) is 6.47. The van der Waals surface area contributed by atoms with E-state index in [1.807, 2.05) is 6.07 Å². The molecule has 0 bridgehead atoms. The molecule has 8 nitrogen and oxygen atoms in total. The molecule has 2 fully saturated rings. The molecule has 0 aromatic carbocycles. The van der Waals surface area contributed by atoms with Crippen molar-refractivity contribution in [3.63, 3.8) is 0 Å². The van der Waals surface area contributed by atoms with E-state index in [0.29, 0.717) is 47.3 Å². The molecule has 2 aromatic rings. The van der Waals surface area contributed by atoms with E-state index in [4.69, 9.17) is 15.8 Å². The van der Waals surface area contributed by atoms with Crippen molar-refractivity contribution < 1.29 is 14.7 Å². The predicted molar refractivity (Wildman–Crippen MR) is 129 cm³/mol. The molecule has 1 spiro atoms. The molecular weight excluding hydrogens is 430 g/mol. The number of carbonyl (C=O) groups is 2. The van der Waals surface area contributed by atoms with Crippen molar-refractivity contribution in [3.8, 4) is 0 Å². The highest BCUT2D eigenvalue weighted by atomic mass is 16.4. The highest BCUT2D eigenvalue weighted by molar-refractivity contribution is 6.11. The van der Waals surface area contributed by atoms with Crippen LogP contribution in [0.5, 0.6) is 0 Å². The molecule has 5 rings (SSSR count). The summed E-state index contributed by atoms with van der Waals surface area (Å²) in [6.45, 7) is 6.43. The average Bonchev–Trinajstić information content (AvgIpc) is 2.75. The summed E-state index contributed by atoms with van der Waals surface area (Å²) in [5.74, 6) is 0.715. The number of carbonyl (C=O) groups excluding carboxylic acids is 1. The lowest BCUT2D eigenvalue weighted by molar-refractivity contribution is -0.140. The second kappa shape index (κ2) is 8.03. The summed E-state index contributed by atoms with van der Waals surface area (Å²) in [6.07, 6.45) is 8.68. The Hall–Kier alpha value is -3.03. The molecule has 1 aliphatic heterocycles. The van der Waals surface area contributed by atoms with Gasteiger partial charge in [-0.3, -0.25) is 14.6 Å². The maximum atomic E-state index is 13.3. The standard InChI is InChI=1S/C26H33N5O3/c1-15-29-22-21(23(27)30-15)24(34)31(14-25(22,2)3)18-4-5-19(28-13-18)17-6-8-26(9-7-17)11-16(12-26)10-20(32)33/h4-5,13,16-17H,6-12,14H2,1-3H3,(H,32,33)(H2,27,29,30). The maximum Gasteiger partial charge on any atom is 0.303 e. The van der Waals surface area contributed by atoms with Crippen molar-refractivity contribution in [2.75, 3.05) is 17.2 Å². The van der Waals surface area contributed by atoms with E-state index in [1.54, 1.807) is 18.0 Å². The van der Waals surface area contributed by atoms with Gasteiger partial charge < -0.3 is 15.7 Å². The number of nitrogens with zero attached hydrogens (tertiary/aromatic N) is 4. The quantitative estimate of drug-likeness (QED) is 0.696. The molecule has 180 valence electrons. The lowest BCUT2D eigenvalue weighted by atomic mass is 9.54. The maximum absolute atomic E-state index is 13.3. The summed E-state index contributed by atoms with van der Waals surface area (Å²) >= 11 is 0. The number of nitrogen functional groups attached to an aromatic ring is 1. The molecule has 3 heterocycles. The highest BCUT2D eigenvalue weighted by Crippen LogP contribution is 2.57. The smallest absolute Gasteiger partial charge is 0.303 e. The number of hydrogen-bond acceptors (Lipinski definition) is 6. The minimum atomic E-state index is -0.679. The van der Waals surface area contributed by atoms with Crippen molar-refractivity contribution in [1.82, 2.24) is 15.0 Å². The number of hydrogen-bond donors (Lipinski definition) is 2. The Labute approximate surface area is 200 Å². The fraction of sp³-hybridized carbons (Fsp3) is 0.577. The Balaban J connectivity index is 1.28. The van der Waals surface area contributed by atoms with E-state index in [0.717, 1.165) is 49.9 Å². The lowest BCUT2D eigenvalue weighted by Gasteiger charge is -2.51. The van der Waals surface area contributed by atoms with Crippen LogP contribution in [0.4, 0.5) is 11.5 Å². The van der Waals surface area contributed by atoms with Crippen LogP contribution < -0.4 is 10.6 Å². The van der Waals surface area contributed by atoms with Gasteiger partial charge in [-0.15, -0.1) is 0 Å². The molecule has 0 unspecified atom stereocenters. The van der Waals surface area contributed by atoms with Gasteiger partial charge in [0.05, 0.1) is 17.6 Å². The summed E-state index contributed by atoms with van der Waals surface area (Å²) in [5.41, 5.74) is 9.08. The van der Waals surface area contributed by atoms with Crippen molar-refractivity contribution in [2.45, 2.75) is 77.0 Å². The zero-order valence-electron chi connectivity index (χ0n) is 20.2. The number of carboxylic acids is 1. The highest BCUT2D eigenvalue weighted by Gasteiger charge is 2.46. The van der Waals surface area contributed by atoms with E-state index in [2.05, 4.69) is 29.9 Å². The second-order valence-electron chi connectivity index (χ2n) is 11.2. The Bertz CT molecular complexity index is 1130. The van der Waals surface area contributed by atoms with Gasteiger partial charge in [-0.2, -0.15) is 0 Å². The zero-order chi connectivity index (χ0) is 24.3. The molecule has 3 N–H and O–H groups in total. The van der Waals surface area contributed by atoms with Crippen molar-refractivity contribution in [3.05, 3.63) is 41.1 Å². The van der Waals surface area contributed by atoms with Crippen LogP contribution >= 0.6 is 0 Å². The van der Waals surface area contributed by atoms with Gasteiger partial charge in [0.1, 0.15) is 17.2 Å². The Morgan fingerprint density at radius 1 is 1.21 bits per heavy atom. The Morgan fingerprint density at radius 3 is 2.53 bits per heavy atom. The number of aryl methyl sites for hydroxylation is 1. The van der Waals surface area contributed by atoms with Crippen molar-refractivity contribution in [1.29, 1.82) is 0 Å². The number of anilines is 2. The van der Waals surface area contributed by atoms with E-state index >= 15 is 0 Å². The van der Waals surface area contributed by atoms with Crippen LogP contribution in [0.1, 0.15) is 92.3 Å². The number of pyridine rings is 1. The van der Waals surface area contributed by atoms with Gasteiger partial charge >= 0.3 is 5.97 Å². The molecule has 1 amide bonds. The number of rotatable bonds is 4. The molecule has 2 aliphatic carbocycles. The van der Waals surface area contributed by atoms with Crippen LogP contribution in [0.2, 0.25) is 0 Å². The molecule has 0 saturated heterocycles.